The van der Waals surface area contributed by atoms with Gasteiger partial charge in [-0.15, -0.1) is 11.8 Å². The summed E-state index contributed by atoms with van der Waals surface area (Å²) in [5.74, 6) is 0.344. The predicted octanol–water partition coefficient (Wildman–Crippen LogP) is 7.01. The molecule has 190 valence electrons. The number of ether oxygens (including phenoxy) is 1. The Labute approximate surface area is 223 Å². The zero-order valence-corrected chi connectivity index (χ0v) is 21.6. The Kier molecular flexibility index (Phi) is 8.87. The van der Waals surface area contributed by atoms with E-state index in [2.05, 4.69) is 10.5 Å². The fourth-order valence-electron chi connectivity index (χ4n) is 3.65. The molecule has 2 N–H and O–H groups in total. The van der Waals surface area contributed by atoms with E-state index in [1.54, 1.807) is 24.8 Å². The van der Waals surface area contributed by atoms with Crippen molar-refractivity contribution in [3.05, 3.63) is 100 Å². The van der Waals surface area contributed by atoms with Crippen molar-refractivity contribution in [3.63, 3.8) is 0 Å². The standard InChI is InChI=1S/C28H25ClN2O5S/c1-18-26(30-28(34)35-14-13-21-6-2-3-8-24(21)29)27(31-36-18)22-11-9-19(10-12-22)17-37-23-7-4-5-20(15-23)16-25(32)33/h2-12,15H,13-14,16-17H2,1H3,(H,30,34)(H,32,33). The molecule has 4 rings (SSSR count). The first-order valence-corrected chi connectivity index (χ1v) is 12.9. The predicted molar refractivity (Wildman–Crippen MR) is 144 cm³/mol. The molecule has 0 atom stereocenters. The average Bonchev–Trinajstić information content (AvgIpc) is 3.24. The Bertz CT molecular complexity index is 1390. The number of anilines is 1. The summed E-state index contributed by atoms with van der Waals surface area (Å²) in [5, 5.41) is 16.5. The highest BCUT2D eigenvalue weighted by molar-refractivity contribution is 7.98. The van der Waals surface area contributed by atoms with E-state index in [4.69, 9.17) is 26.0 Å². The van der Waals surface area contributed by atoms with E-state index in [1.807, 2.05) is 66.7 Å². The molecule has 4 aromatic rings. The van der Waals surface area contributed by atoms with Crippen LogP contribution in [0.4, 0.5) is 10.5 Å². The van der Waals surface area contributed by atoms with Crippen LogP contribution in [0.25, 0.3) is 11.3 Å². The third kappa shape index (κ3) is 7.38. The molecule has 1 aromatic heterocycles. The van der Waals surface area contributed by atoms with Crippen molar-refractivity contribution in [2.75, 3.05) is 11.9 Å². The van der Waals surface area contributed by atoms with Gasteiger partial charge in [-0.1, -0.05) is 71.4 Å². The second-order valence-corrected chi connectivity index (χ2v) is 9.72. The van der Waals surface area contributed by atoms with E-state index in [0.717, 1.165) is 32.9 Å². The van der Waals surface area contributed by atoms with Crippen LogP contribution in [0.2, 0.25) is 5.02 Å². The van der Waals surface area contributed by atoms with Crippen molar-refractivity contribution in [1.29, 1.82) is 0 Å². The van der Waals surface area contributed by atoms with Crippen molar-refractivity contribution >= 4 is 41.1 Å². The summed E-state index contributed by atoms with van der Waals surface area (Å²) in [6.07, 6.45) is -0.0880. The Hall–Kier alpha value is -3.75. The van der Waals surface area contributed by atoms with E-state index in [9.17, 15) is 9.59 Å². The summed E-state index contributed by atoms with van der Waals surface area (Å²) in [6, 6.07) is 22.8. The molecular weight excluding hydrogens is 512 g/mol. The van der Waals surface area contributed by atoms with E-state index >= 15 is 0 Å². The number of nitrogens with one attached hydrogen (secondary N) is 1. The molecule has 0 spiro atoms. The first-order chi connectivity index (χ1) is 17.9. The maximum atomic E-state index is 12.4. The van der Waals surface area contributed by atoms with Gasteiger partial charge in [0.25, 0.3) is 0 Å². The second-order valence-electron chi connectivity index (χ2n) is 8.27. The lowest BCUT2D eigenvalue weighted by Crippen LogP contribution is -2.16. The molecule has 1 heterocycles. The molecule has 0 aliphatic carbocycles. The van der Waals surface area contributed by atoms with Gasteiger partial charge in [0, 0.05) is 27.7 Å². The minimum atomic E-state index is -0.847. The summed E-state index contributed by atoms with van der Waals surface area (Å²) in [6.45, 7) is 1.90. The lowest BCUT2D eigenvalue weighted by Gasteiger charge is -2.09. The number of aliphatic carboxylic acids is 1. The highest BCUT2D eigenvalue weighted by Gasteiger charge is 2.18. The minimum Gasteiger partial charge on any atom is -0.481 e. The zero-order valence-electron chi connectivity index (χ0n) is 20.1. The number of carbonyl (C=O) groups excluding carboxylic acids is 1. The molecule has 0 radical (unpaired) electrons. The summed E-state index contributed by atoms with van der Waals surface area (Å²) in [7, 11) is 0. The summed E-state index contributed by atoms with van der Waals surface area (Å²) >= 11 is 7.78. The number of aryl methyl sites for hydroxylation is 1. The number of carboxylic acid groups (broad SMARTS) is 1. The molecule has 0 unspecified atom stereocenters. The van der Waals surface area contributed by atoms with Crippen molar-refractivity contribution < 1.29 is 24.0 Å². The van der Waals surface area contributed by atoms with Crippen LogP contribution in [0.5, 0.6) is 0 Å². The third-order valence-electron chi connectivity index (χ3n) is 5.54. The van der Waals surface area contributed by atoms with E-state index in [-0.39, 0.29) is 13.0 Å². The number of thioether (sulfide) groups is 1. The second kappa shape index (κ2) is 12.5. The topological polar surface area (TPSA) is 102 Å². The number of carboxylic acids is 1. The molecule has 0 aliphatic rings. The van der Waals surface area contributed by atoms with Crippen molar-refractivity contribution in [2.45, 2.75) is 30.4 Å². The fourth-order valence-corrected chi connectivity index (χ4v) is 4.82. The first-order valence-electron chi connectivity index (χ1n) is 11.6. The Balaban J connectivity index is 1.34. The van der Waals surface area contributed by atoms with Gasteiger partial charge in [0.1, 0.15) is 11.4 Å². The van der Waals surface area contributed by atoms with Crippen LogP contribution in [-0.2, 0) is 28.1 Å². The molecule has 9 heteroatoms. The third-order valence-corrected chi connectivity index (χ3v) is 6.97. The molecule has 3 aromatic carbocycles. The van der Waals surface area contributed by atoms with Gasteiger partial charge in [-0.2, -0.15) is 0 Å². The maximum absolute atomic E-state index is 12.4. The lowest BCUT2D eigenvalue weighted by atomic mass is 10.1. The van der Waals surface area contributed by atoms with Crippen molar-refractivity contribution in [3.8, 4) is 11.3 Å². The number of aromatic nitrogens is 1. The van der Waals surface area contributed by atoms with Crippen LogP contribution in [0.1, 0.15) is 22.5 Å². The Morgan fingerprint density at radius 1 is 1.05 bits per heavy atom. The van der Waals surface area contributed by atoms with Gasteiger partial charge >= 0.3 is 12.1 Å². The van der Waals surface area contributed by atoms with Gasteiger partial charge in [-0.05, 0) is 41.8 Å². The normalized spacial score (nSPS) is 10.8. The van der Waals surface area contributed by atoms with E-state index in [1.165, 1.54) is 0 Å². The van der Waals surface area contributed by atoms with Crippen LogP contribution < -0.4 is 5.32 Å². The molecule has 0 bridgehead atoms. The minimum absolute atomic E-state index is 0.00546. The lowest BCUT2D eigenvalue weighted by molar-refractivity contribution is -0.136. The van der Waals surface area contributed by atoms with Crippen molar-refractivity contribution in [2.24, 2.45) is 0 Å². The number of benzene rings is 3. The highest BCUT2D eigenvalue weighted by atomic mass is 35.5. The van der Waals surface area contributed by atoms with Gasteiger partial charge in [0.15, 0.2) is 5.76 Å². The molecule has 0 fully saturated rings. The first kappa shape index (κ1) is 26.3. The zero-order chi connectivity index (χ0) is 26.2. The summed E-state index contributed by atoms with van der Waals surface area (Å²) < 4.78 is 10.7. The molecular formula is C28H25ClN2O5S. The Morgan fingerprint density at radius 3 is 2.59 bits per heavy atom. The number of carbonyl (C=O) groups is 2. The molecule has 7 nitrogen and oxygen atoms in total. The van der Waals surface area contributed by atoms with Gasteiger partial charge in [0.05, 0.1) is 13.0 Å². The smallest absolute Gasteiger partial charge is 0.411 e. The van der Waals surface area contributed by atoms with E-state index < -0.39 is 12.1 Å². The summed E-state index contributed by atoms with van der Waals surface area (Å²) in [5.41, 5.74) is 4.54. The number of halogens is 1. The molecule has 0 saturated heterocycles. The monoisotopic (exact) mass is 536 g/mol. The summed E-state index contributed by atoms with van der Waals surface area (Å²) in [4.78, 5) is 24.4. The van der Waals surface area contributed by atoms with Gasteiger partial charge in [0.2, 0.25) is 0 Å². The van der Waals surface area contributed by atoms with Crippen LogP contribution in [0.3, 0.4) is 0 Å². The number of hydrogen-bond donors (Lipinski definition) is 2. The van der Waals surface area contributed by atoms with Crippen LogP contribution >= 0.6 is 23.4 Å². The maximum Gasteiger partial charge on any atom is 0.411 e. The number of nitrogens with zero attached hydrogens (tertiary/aromatic N) is 1. The molecule has 1 amide bonds. The van der Waals surface area contributed by atoms with Gasteiger partial charge in [-0.3, -0.25) is 10.1 Å². The quantitative estimate of drug-likeness (QED) is 0.210. The van der Waals surface area contributed by atoms with Crippen LogP contribution in [0.15, 0.2) is 82.2 Å². The Morgan fingerprint density at radius 2 is 1.84 bits per heavy atom. The molecule has 0 aliphatic heterocycles. The molecule has 37 heavy (non-hydrogen) atoms. The fraction of sp³-hybridized carbons (Fsp3) is 0.179. The SMILES string of the molecule is Cc1onc(-c2ccc(CSc3cccc(CC(=O)O)c3)cc2)c1NC(=O)OCCc1ccccc1Cl. The number of rotatable bonds is 10. The van der Waals surface area contributed by atoms with Crippen LogP contribution in [-0.4, -0.2) is 28.9 Å². The number of hydrogen-bond acceptors (Lipinski definition) is 6. The highest BCUT2D eigenvalue weighted by Crippen LogP contribution is 2.31. The van der Waals surface area contributed by atoms with Gasteiger partial charge < -0.3 is 14.4 Å². The largest absolute Gasteiger partial charge is 0.481 e. The van der Waals surface area contributed by atoms with E-state index in [0.29, 0.717) is 28.6 Å². The van der Waals surface area contributed by atoms with Crippen molar-refractivity contribution in [1.82, 2.24) is 5.16 Å². The van der Waals surface area contributed by atoms with Crippen LogP contribution in [0, 0.1) is 6.92 Å². The van der Waals surface area contributed by atoms with Gasteiger partial charge in [-0.25, -0.2) is 4.79 Å². The average molecular weight is 537 g/mol. The molecule has 0 saturated carbocycles. The number of amides is 1.